The Morgan fingerprint density at radius 3 is 1.23 bits per heavy atom. The van der Waals surface area contributed by atoms with Crippen LogP contribution in [0.25, 0.3) is 88.7 Å². The zero-order valence-corrected chi connectivity index (χ0v) is 32.4. The van der Waals surface area contributed by atoms with E-state index >= 15 is 0 Å². The van der Waals surface area contributed by atoms with E-state index < -0.39 is 6.10 Å². The van der Waals surface area contributed by atoms with Gasteiger partial charge in [0, 0.05) is 11.1 Å². The van der Waals surface area contributed by atoms with E-state index in [1.54, 1.807) is 12.1 Å². The standard InChI is InChI=1S/C56H36O4/c57-54-47-29-32-52-53(55(58)49-34-46(27-30-50(49)59-52)44-25-21-42(22-26-44)40-17-13-38(14-18-40)36-9-5-2-6-10-36)56(47)60-51-31-28-45(33-48(51)54)43-23-19-41(20-24-43)39-15-11-37(12-16-39)35-7-3-1-4-8-35/h1-34,54,57H. The number of aliphatic hydroxyl groups excluding tert-OH is 1. The molecule has 0 radical (unpaired) electrons. The molecular formula is C56H36O4. The molecule has 1 aliphatic heterocycles. The van der Waals surface area contributed by atoms with Crippen LogP contribution in [0.2, 0.25) is 0 Å². The Bertz CT molecular complexity index is 3260. The first kappa shape index (κ1) is 35.4. The molecule has 4 heteroatoms. The van der Waals surface area contributed by atoms with E-state index in [0.29, 0.717) is 44.6 Å². The van der Waals surface area contributed by atoms with Crippen LogP contribution in [0.1, 0.15) is 17.2 Å². The number of rotatable bonds is 6. The smallest absolute Gasteiger partial charge is 0.204 e. The van der Waals surface area contributed by atoms with Crippen molar-refractivity contribution in [2.45, 2.75) is 6.10 Å². The molecule has 0 bridgehead atoms. The Labute approximate surface area is 346 Å². The fourth-order valence-corrected chi connectivity index (χ4v) is 8.43. The van der Waals surface area contributed by atoms with E-state index in [9.17, 15) is 9.90 Å². The Hall–Kier alpha value is -7.79. The molecule has 0 aliphatic carbocycles. The summed E-state index contributed by atoms with van der Waals surface area (Å²) in [4.78, 5) is 14.4. The number of fused-ring (bicyclic) bond motifs is 5. The minimum Gasteiger partial charge on any atom is -0.456 e. The molecule has 0 saturated carbocycles. The second-order valence-corrected chi connectivity index (χ2v) is 15.3. The molecule has 4 nitrogen and oxygen atoms in total. The lowest BCUT2D eigenvalue weighted by Crippen LogP contribution is -2.13. The molecule has 0 saturated heterocycles. The van der Waals surface area contributed by atoms with E-state index in [2.05, 4.69) is 146 Å². The van der Waals surface area contributed by atoms with E-state index in [-0.39, 0.29) is 5.43 Å². The summed E-state index contributed by atoms with van der Waals surface area (Å²) in [7, 11) is 0. The van der Waals surface area contributed by atoms with Gasteiger partial charge in [-0.25, -0.2) is 0 Å². The molecule has 1 aromatic heterocycles. The largest absolute Gasteiger partial charge is 0.456 e. The van der Waals surface area contributed by atoms with Gasteiger partial charge in [-0.05, 0) is 103 Å². The highest BCUT2D eigenvalue weighted by Gasteiger charge is 2.29. The predicted octanol–water partition coefficient (Wildman–Crippen LogP) is 14.1. The van der Waals surface area contributed by atoms with E-state index in [1.807, 2.05) is 48.5 Å². The van der Waals surface area contributed by atoms with Gasteiger partial charge < -0.3 is 14.3 Å². The zero-order valence-electron chi connectivity index (χ0n) is 32.4. The van der Waals surface area contributed by atoms with Crippen molar-refractivity contribution in [1.29, 1.82) is 0 Å². The number of hydrogen-bond acceptors (Lipinski definition) is 4. The monoisotopic (exact) mass is 772 g/mol. The molecule has 2 heterocycles. The van der Waals surface area contributed by atoms with Gasteiger partial charge in [0.25, 0.3) is 0 Å². The Balaban J connectivity index is 0.862. The van der Waals surface area contributed by atoms with Crippen molar-refractivity contribution in [3.8, 4) is 78.3 Å². The molecule has 1 N–H and O–H groups in total. The summed E-state index contributed by atoms with van der Waals surface area (Å²) in [6.07, 6.45) is -0.995. The molecule has 0 spiro atoms. The summed E-state index contributed by atoms with van der Waals surface area (Å²) in [6.45, 7) is 0. The summed E-state index contributed by atoms with van der Waals surface area (Å²) in [5, 5.41) is 12.6. The average Bonchev–Trinajstić information content (AvgIpc) is 3.32. The van der Waals surface area contributed by atoms with Crippen LogP contribution in [0.15, 0.2) is 215 Å². The lowest BCUT2D eigenvalue weighted by atomic mass is 9.92. The number of hydrogen-bond donors (Lipinski definition) is 1. The molecular weight excluding hydrogens is 737 g/mol. The van der Waals surface area contributed by atoms with Crippen LogP contribution in [-0.2, 0) is 0 Å². The van der Waals surface area contributed by atoms with Crippen molar-refractivity contribution in [2.24, 2.45) is 0 Å². The van der Waals surface area contributed by atoms with Crippen LogP contribution in [0.5, 0.6) is 11.5 Å². The second kappa shape index (κ2) is 14.5. The van der Waals surface area contributed by atoms with Gasteiger partial charge in [-0.3, -0.25) is 4.79 Å². The number of ether oxygens (including phenoxy) is 1. The van der Waals surface area contributed by atoms with Crippen LogP contribution in [-0.4, -0.2) is 5.11 Å². The predicted molar refractivity (Wildman–Crippen MR) is 243 cm³/mol. The van der Waals surface area contributed by atoms with Crippen molar-refractivity contribution in [2.75, 3.05) is 0 Å². The molecule has 10 aromatic rings. The van der Waals surface area contributed by atoms with Gasteiger partial charge in [-0.15, -0.1) is 0 Å². The van der Waals surface area contributed by atoms with Crippen molar-refractivity contribution >= 4 is 21.9 Å². The molecule has 1 unspecified atom stereocenters. The quantitative estimate of drug-likeness (QED) is 0.171. The topological polar surface area (TPSA) is 59.7 Å². The van der Waals surface area contributed by atoms with Crippen LogP contribution in [0, 0.1) is 0 Å². The summed E-state index contributed by atoms with van der Waals surface area (Å²) in [5.41, 5.74) is 15.0. The molecule has 0 fully saturated rings. The molecule has 1 atom stereocenters. The van der Waals surface area contributed by atoms with Crippen molar-refractivity contribution < 1.29 is 14.3 Å². The summed E-state index contributed by atoms with van der Waals surface area (Å²) < 4.78 is 12.8. The van der Waals surface area contributed by atoms with Crippen molar-refractivity contribution in [1.82, 2.24) is 0 Å². The highest BCUT2D eigenvalue weighted by molar-refractivity contribution is 5.96. The molecule has 1 aliphatic rings. The van der Waals surface area contributed by atoms with Crippen LogP contribution < -0.4 is 10.2 Å². The Kier molecular flexibility index (Phi) is 8.58. The Morgan fingerprint density at radius 1 is 0.367 bits per heavy atom. The first-order valence-electron chi connectivity index (χ1n) is 20.1. The van der Waals surface area contributed by atoms with Gasteiger partial charge in [0.2, 0.25) is 5.43 Å². The zero-order chi connectivity index (χ0) is 40.2. The van der Waals surface area contributed by atoms with E-state index in [4.69, 9.17) is 9.15 Å². The lowest BCUT2D eigenvalue weighted by Gasteiger charge is -2.26. The van der Waals surface area contributed by atoms with Crippen LogP contribution in [0.4, 0.5) is 0 Å². The van der Waals surface area contributed by atoms with Crippen LogP contribution >= 0.6 is 0 Å². The third kappa shape index (κ3) is 6.27. The molecule has 11 rings (SSSR count). The Morgan fingerprint density at radius 2 is 0.750 bits per heavy atom. The number of aliphatic hydroxyl groups is 1. The van der Waals surface area contributed by atoms with E-state index in [0.717, 1.165) is 44.5 Å². The maximum Gasteiger partial charge on any atom is 0.204 e. The minimum atomic E-state index is -0.995. The van der Waals surface area contributed by atoms with Gasteiger partial charge >= 0.3 is 0 Å². The third-order valence-corrected chi connectivity index (χ3v) is 11.7. The maximum absolute atomic E-state index is 14.4. The molecule has 9 aromatic carbocycles. The first-order chi connectivity index (χ1) is 29.5. The minimum absolute atomic E-state index is 0.206. The normalized spacial score (nSPS) is 13.1. The van der Waals surface area contributed by atoms with Gasteiger partial charge in [0.15, 0.2) is 0 Å². The summed E-state index contributed by atoms with van der Waals surface area (Å²) >= 11 is 0. The summed E-state index contributed by atoms with van der Waals surface area (Å²) in [6, 6.07) is 69.8. The van der Waals surface area contributed by atoms with Gasteiger partial charge in [0.05, 0.1) is 5.39 Å². The van der Waals surface area contributed by atoms with Crippen molar-refractivity contribution in [3.63, 3.8) is 0 Å². The van der Waals surface area contributed by atoms with Gasteiger partial charge in [-0.2, -0.15) is 0 Å². The van der Waals surface area contributed by atoms with E-state index in [1.165, 1.54) is 22.3 Å². The molecule has 60 heavy (non-hydrogen) atoms. The fraction of sp³-hybridized carbons (Fsp3) is 0.0179. The fourth-order valence-electron chi connectivity index (χ4n) is 8.43. The highest BCUT2D eigenvalue weighted by atomic mass is 16.5. The highest BCUT2D eigenvalue weighted by Crippen LogP contribution is 2.47. The lowest BCUT2D eigenvalue weighted by molar-refractivity contribution is 0.203. The third-order valence-electron chi connectivity index (χ3n) is 11.7. The molecule has 0 amide bonds. The van der Waals surface area contributed by atoms with Gasteiger partial charge in [0.1, 0.15) is 34.2 Å². The van der Waals surface area contributed by atoms with Crippen molar-refractivity contribution in [3.05, 3.63) is 228 Å². The van der Waals surface area contributed by atoms with Gasteiger partial charge in [-0.1, -0.05) is 170 Å². The number of benzene rings is 9. The molecule has 284 valence electrons. The summed E-state index contributed by atoms with van der Waals surface area (Å²) in [5.74, 6) is 0.830. The average molecular weight is 773 g/mol. The SMILES string of the molecule is O=c1c2cc(-c3ccc(-c4ccc(-c5ccccc5)cc4)cc3)ccc2oc2ccc3c(c12)Oc1ccc(-c2ccc(-c4ccc(-c5ccccc5)cc4)cc2)cc1C3O. The van der Waals surface area contributed by atoms with Crippen LogP contribution in [0.3, 0.4) is 0 Å². The first-order valence-corrected chi connectivity index (χ1v) is 20.1. The maximum atomic E-state index is 14.4. The second-order valence-electron chi connectivity index (χ2n) is 15.3.